The summed E-state index contributed by atoms with van der Waals surface area (Å²) in [5.41, 5.74) is 6.32. The second kappa shape index (κ2) is 7.06. The van der Waals surface area contributed by atoms with E-state index in [1.165, 1.54) is 0 Å². The van der Waals surface area contributed by atoms with Crippen molar-refractivity contribution >= 4 is 17.7 Å². The van der Waals surface area contributed by atoms with Crippen LogP contribution in [0.1, 0.15) is 50.7 Å². The smallest absolute Gasteiger partial charge is 0.239 e. The first-order chi connectivity index (χ1) is 10.5. The highest BCUT2D eigenvalue weighted by Crippen LogP contribution is 2.22. The number of aryl methyl sites for hydroxylation is 2. The number of H-pyrrole nitrogens is 1. The van der Waals surface area contributed by atoms with Crippen LogP contribution in [-0.2, 0) is 11.2 Å². The Bertz CT molecular complexity index is 627. The van der Waals surface area contributed by atoms with Gasteiger partial charge in [-0.2, -0.15) is 10.1 Å². The van der Waals surface area contributed by atoms with Crippen molar-refractivity contribution in [2.24, 2.45) is 0 Å². The Morgan fingerprint density at radius 3 is 2.77 bits per heavy atom. The zero-order chi connectivity index (χ0) is 16.1. The van der Waals surface area contributed by atoms with Crippen LogP contribution in [0.15, 0.2) is 6.07 Å². The fourth-order valence-corrected chi connectivity index (χ4v) is 2.38. The van der Waals surface area contributed by atoms with Gasteiger partial charge in [-0.3, -0.25) is 9.89 Å². The van der Waals surface area contributed by atoms with Crippen LogP contribution in [0.2, 0.25) is 0 Å². The maximum absolute atomic E-state index is 12.1. The van der Waals surface area contributed by atoms with Crippen molar-refractivity contribution in [3.63, 3.8) is 0 Å². The summed E-state index contributed by atoms with van der Waals surface area (Å²) in [4.78, 5) is 16.1. The molecule has 2 heterocycles. The van der Waals surface area contributed by atoms with Crippen molar-refractivity contribution in [1.82, 2.24) is 25.0 Å². The molecule has 4 N–H and O–H groups in total. The highest BCUT2D eigenvalue weighted by Gasteiger charge is 2.15. The molecule has 22 heavy (non-hydrogen) atoms. The minimum Gasteiger partial charge on any atom is -0.367 e. The Hall–Kier alpha value is -2.38. The minimum absolute atomic E-state index is 0.0814. The van der Waals surface area contributed by atoms with Crippen molar-refractivity contribution in [1.29, 1.82) is 0 Å². The number of amides is 1. The van der Waals surface area contributed by atoms with E-state index < -0.39 is 0 Å². The molecule has 0 aromatic carbocycles. The molecule has 0 fully saturated rings. The molecule has 0 aliphatic carbocycles. The Morgan fingerprint density at radius 2 is 2.18 bits per heavy atom. The van der Waals surface area contributed by atoms with Crippen LogP contribution in [0.25, 0.3) is 0 Å². The van der Waals surface area contributed by atoms with Gasteiger partial charge < -0.3 is 11.1 Å². The summed E-state index contributed by atoms with van der Waals surface area (Å²) >= 11 is 0. The largest absolute Gasteiger partial charge is 0.367 e. The van der Waals surface area contributed by atoms with E-state index in [1.807, 2.05) is 17.7 Å². The lowest BCUT2D eigenvalue weighted by Crippen LogP contribution is -2.18. The lowest BCUT2D eigenvalue weighted by atomic mass is 10.2. The highest BCUT2D eigenvalue weighted by molar-refractivity contribution is 5.90. The Morgan fingerprint density at radius 1 is 1.45 bits per heavy atom. The Kier molecular flexibility index (Phi) is 5.13. The van der Waals surface area contributed by atoms with Gasteiger partial charge in [0.15, 0.2) is 0 Å². The second-order valence-electron chi connectivity index (χ2n) is 5.27. The Labute approximate surface area is 129 Å². The van der Waals surface area contributed by atoms with E-state index in [1.54, 1.807) is 0 Å². The maximum atomic E-state index is 12.1. The number of nitrogen functional groups attached to an aromatic ring is 1. The fourth-order valence-electron chi connectivity index (χ4n) is 2.38. The number of rotatable bonds is 7. The second-order valence-corrected chi connectivity index (χ2v) is 5.27. The lowest BCUT2D eigenvalue weighted by molar-refractivity contribution is -0.116. The molecule has 0 radical (unpaired) electrons. The van der Waals surface area contributed by atoms with Gasteiger partial charge in [-0.15, -0.1) is 5.10 Å². The fraction of sp³-hybridized carbons (Fsp3) is 0.571. The van der Waals surface area contributed by atoms with Crippen molar-refractivity contribution < 1.29 is 4.79 Å². The number of nitrogens with two attached hydrogens (primary N) is 1. The minimum atomic E-state index is -0.0814. The van der Waals surface area contributed by atoms with E-state index in [4.69, 9.17) is 5.73 Å². The van der Waals surface area contributed by atoms with Crippen LogP contribution in [0, 0.1) is 6.92 Å². The average molecular weight is 305 g/mol. The number of aromatic nitrogens is 5. The molecule has 8 heteroatoms. The standard InChI is InChI=1S/C14H23N7O/c1-4-10(5-2)21-12(8-9(3)20-21)17-13(22)7-6-11-16-14(15)19-18-11/h8,10H,4-7H2,1-3H3,(H,17,22)(H3,15,16,18,19). The normalized spacial score (nSPS) is 11.1. The first-order valence-electron chi connectivity index (χ1n) is 7.56. The highest BCUT2D eigenvalue weighted by atomic mass is 16.1. The van der Waals surface area contributed by atoms with Gasteiger partial charge in [-0.25, -0.2) is 4.68 Å². The van der Waals surface area contributed by atoms with Crippen LogP contribution in [-0.4, -0.2) is 30.9 Å². The molecule has 0 unspecified atom stereocenters. The zero-order valence-electron chi connectivity index (χ0n) is 13.3. The molecular formula is C14H23N7O. The summed E-state index contributed by atoms with van der Waals surface area (Å²) in [7, 11) is 0. The third-order valence-corrected chi connectivity index (χ3v) is 3.55. The van der Waals surface area contributed by atoms with Crippen molar-refractivity contribution in [2.75, 3.05) is 11.1 Å². The third-order valence-electron chi connectivity index (χ3n) is 3.55. The van der Waals surface area contributed by atoms with Gasteiger partial charge in [-0.1, -0.05) is 13.8 Å². The first kappa shape index (κ1) is 16.0. The van der Waals surface area contributed by atoms with E-state index in [9.17, 15) is 4.79 Å². The number of hydrogen-bond donors (Lipinski definition) is 3. The van der Waals surface area contributed by atoms with Crippen molar-refractivity contribution in [2.45, 2.75) is 52.5 Å². The molecule has 0 bridgehead atoms. The molecular weight excluding hydrogens is 282 g/mol. The van der Waals surface area contributed by atoms with Crippen LogP contribution in [0.4, 0.5) is 11.8 Å². The monoisotopic (exact) mass is 305 g/mol. The number of carbonyl (C=O) groups is 1. The first-order valence-corrected chi connectivity index (χ1v) is 7.56. The van der Waals surface area contributed by atoms with Crippen molar-refractivity contribution in [3.05, 3.63) is 17.6 Å². The van der Waals surface area contributed by atoms with Gasteiger partial charge in [0, 0.05) is 18.9 Å². The molecule has 8 nitrogen and oxygen atoms in total. The number of hydrogen-bond acceptors (Lipinski definition) is 5. The van der Waals surface area contributed by atoms with Crippen LogP contribution in [0.3, 0.4) is 0 Å². The summed E-state index contributed by atoms with van der Waals surface area (Å²) in [5, 5.41) is 13.8. The van der Waals surface area contributed by atoms with Crippen LogP contribution >= 0.6 is 0 Å². The van der Waals surface area contributed by atoms with E-state index in [0.717, 1.165) is 24.4 Å². The molecule has 2 aromatic heterocycles. The van der Waals surface area contributed by atoms with Gasteiger partial charge in [0.25, 0.3) is 0 Å². The Balaban J connectivity index is 1.99. The van der Waals surface area contributed by atoms with Crippen molar-refractivity contribution in [3.8, 4) is 0 Å². The molecule has 0 atom stereocenters. The number of nitrogens with one attached hydrogen (secondary N) is 2. The van der Waals surface area contributed by atoms with Gasteiger partial charge in [0.05, 0.1) is 11.7 Å². The molecule has 0 spiro atoms. The number of aromatic amines is 1. The van der Waals surface area contributed by atoms with E-state index in [-0.39, 0.29) is 17.9 Å². The molecule has 0 saturated carbocycles. The third kappa shape index (κ3) is 3.84. The van der Waals surface area contributed by atoms with Gasteiger partial charge in [0.1, 0.15) is 11.6 Å². The summed E-state index contributed by atoms with van der Waals surface area (Å²) in [6.07, 6.45) is 2.71. The quantitative estimate of drug-likeness (QED) is 0.722. The zero-order valence-corrected chi connectivity index (χ0v) is 13.3. The number of nitrogens with zero attached hydrogens (tertiary/aromatic N) is 4. The summed E-state index contributed by atoms with van der Waals surface area (Å²) in [5.74, 6) is 1.46. The topological polar surface area (TPSA) is 115 Å². The van der Waals surface area contributed by atoms with Gasteiger partial charge in [-0.05, 0) is 19.8 Å². The van der Waals surface area contributed by atoms with E-state index in [2.05, 4.69) is 39.4 Å². The van der Waals surface area contributed by atoms with Gasteiger partial charge >= 0.3 is 0 Å². The van der Waals surface area contributed by atoms with E-state index in [0.29, 0.717) is 18.7 Å². The van der Waals surface area contributed by atoms with Gasteiger partial charge in [0.2, 0.25) is 11.9 Å². The molecule has 0 aliphatic heterocycles. The maximum Gasteiger partial charge on any atom is 0.239 e. The van der Waals surface area contributed by atoms with E-state index >= 15 is 0 Å². The molecule has 2 rings (SSSR count). The SMILES string of the molecule is CCC(CC)n1nc(C)cc1NC(=O)CCc1nc(N)n[nH]1. The summed E-state index contributed by atoms with van der Waals surface area (Å²) < 4.78 is 1.90. The number of carbonyl (C=O) groups excluding carboxylic acids is 1. The lowest BCUT2D eigenvalue weighted by Gasteiger charge is -2.16. The molecule has 0 saturated heterocycles. The number of anilines is 2. The molecule has 2 aromatic rings. The molecule has 0 aliphatic rings. The summed E-state index contributed by atoms with van der Waals surface area (Å²) in [6, 6.07) is 2.18. The summed E-state index contributed by atoms with van der Waals surface area (Å²) in [6.45, 7) is 6.15. The average Bonchev–Trinajstić information content (AvgIpc) is 3.05. The van der Waals surface area contributed by atoms with Crippen LogP contribution in [0.5, 0.6) is 0 Å². The molecule has 1 amide bonds. The van der Waals surface area contributed by atoms with Crippen LogP contribution < -0.4 is 11.1 Å². The predicted molar refractivity (Wildman–Crippen MR) is 84.3 cm³/mol. The molecule has 120 valence electrons. The predicted octanol–water partition coefficient (Wildman–Crippen LogP) is 1.82.